The number of nitrogens with zero attached hydrogens (tertiary/aromatic N) is 2. The summed E-state index contributed by atoms with van der Waals surface area (Å²) >= 11 is 0. The number of aromatic nitrogens is 2. The maximum atomic E-state index is 12.5. The zero-order valence-corrected chi connectivity index (χ0v) is 18.0. The lowest BCUT2D eigenvalue weighted by Gasteiger charge is -2.08. The third kappa shape index (κ3) is 5.35. The van der Waals surface area contributed by atoms with Gasteiger partial charge < -0.3 is 14.5 Å². The molecule has 0 aliphatic rings. The average Bonchev–Trinajstić information content (AvgIpc) is 3.43. The van der Waals surface area contributed by atoms with Crippen LogP contribution in [0.25, 0.3) is 0 Å². The van der Waals surface area contributed by atoms with E-state index >= 15 is 0 Å². The third-order valence-electron chi connectivity index (χ3n) is 4.90. The van der Waals surface area contributed by atoms with E-state index in [0.29, 0.717) is 18.1 Å². The Labute approximate surface area is 187 Å². The van der Waals surface area contributed by atoms with Crippen molar-refractivity contribution in [2.24, 2.45) is 0 Å². The fourth-order valence-electron chi connectivity index (χ4n) is 3.39. The summed E-state index contributed by atoms with van der Waals surface area (Å²) in [6.07, 6.45) is 4.39. The maximum absolute atomic E-state index is 12.5. The highest BCUT2D eigenvalue weighted by Crippen LogP contribution is 2.21. The Hall–Kier alpha value is -4.06. The van der Waals surface area contributed by atoms with Crippen LogP contribution >= 0.6 is 0 Å². The first kappa shape index (κ1) is 21.2. The molecule has 4 rings (SSSR count). The molecule has 0 saturated carbocycles. The highest BCUT2D eigenvalue weighted by atomic mass is 16.5. The second-order valence-electron chi connectivity index (χ2n) is 7.50. The predicted octanol–water partition coefficient (Wildman–Crippen LogP) is 5.39. The number of carbonyl (C=O) groups is 1. The minimum atomic E-state index is -0.357. The Bertz CT molecular complexity index is 1220. The number of aryl methyl sites for hydroxylation is 1. The Morgan fingerprint density at radius 1 is 1.16 bits per heavy atom. The summed E-state index contributed by atoms with van der Waals surface area (Å²) in [6, 6.07) is 21.2. The van der Waals surface area contributed by atoms with Crippen LogP contribution < -0.4 is 10.1 Å². The van der Waals surface area contributed by atoms with E-state index in [0.717, 1.165) is 23.3 Å². The molecule has 32 heavy (non-hydrogen) atoms. The summed E-state index contributed by atoms with van der Waals surface area (Å²) in [5.41, 5.74) is 3.40. The molecule has 2 heterocycles. The van der Waals surface area contributed by atoms with Gasteiger partial charge in [0.1, 0.15) is 18.1 Å². The van der Waals surface area contributed by atoms with Crippen LogP contribution in [0.1, 0.15) is 33.0 Å². The number of hydrogen-bond donors (Lipinski definition) is 1. The highest BCUT2D eigenvalue weighted by molar-refractivity contribution is 6.01. The van der Waals surface area contributed by atoms with Crippen LogP contribution in [-0.2, 0) is 19.6 Å². The largest absolute Gasteiger partial charge is 0.485 e. The number of allylic oxidation sites excluding steroid dienone is 1. The molecule has 162 valence electrons. The van der Waals surface area contributed by atoms with Gasteiger partial charge in [0.05, 0.1) is 6.54 Å². The molecule has 1 N–H and O–H groups in total. The van der Waals surface area contributed by atoms with Crippen LogP contribution in [-0.4, -0.2) is 15.7 Å². The van der Waals surface area contributed by atoms with E-state index < -0.39 is 0 Å². The lowest BCUT2D eigenvalue weighted by atomic mass is 10.1. The van der Waals surface area contributed by atoms with E-state index in [2.05, 4.69) is 42.1 Å². The zero-order chi connectivity index (χ0) is 22.3. The number of furan rings is 1. The van der Waals surface area contributed by atoms with Crippen LogP contribution in [0.3, 0.4) is 0 Å². The second kappa shape index (κ2) is 9.83. The topological polar surface area (TPSA) is 69.3 Å². The van der Waals surface area contributed by atoms with Gasteiger partial charge in [-0.15, -0.1) is 6.58 Å². The lowest BCUT2D eigenvalue weighted by molar-refractivity contribution is 0.0992. The van der Waals surface area contributed by atoms with Gasteiger partial charge in [-0.05, 0) is 42.7 Å². The van der Waals surface area contributed by atoms with Crippen molar-refractivity contribution in [2.45, 2.75) is 26.5 Å². The van der Waals surface area contributed by atoms with Gasteiger partial charge in [-0.1, -0.05) is 54.1 Å². The first-order valence-electron chi connectivity index (χ1n) is 10.4. The SMILES string of the molecule is C=CCc1ccccc1OCc1ccc(C(=O)Nc2ccn(Cc3cccc(C)c3)n2)o1. The van der Waals surface area contributed by atoms with Gasteiger partial charge in [-0.2, -0.15) is 5.10 Å². The van der Waals surface area contributed by atoms with Gasteiger partial charge in [0.25, 0.3) is 5.91 Å². The first-order chi connectivity index (χ1) is 15.6. The molecule has 4 aromatic rings. The Morgan fingerprint density at radius 2 is 2.03 bits per heavy atom. The molecule has 2 aromatic heterocycles. The van der Waals surface area contributed by atoms with Crippen molar-refractivity contribution in [3.8, 4) is 5.75 Å². The highest BCUT2D eigenvalue weighted by Gasteiger charge is 2.14. The molecule has 0 saturated heterocycles. The van der Waals surface area contributed by atoms with Gasteiger partial charge in [-0.25, -0.2) is 0 Å². The standard InChI is InChI=1S/C26H25N3O3/c1-3-7-21-10-4-5-11-23(21)31-18-22-12-13-24(32-22)26(30)27-25-14-15-29(28-25)17-20-9-6-8-19(2)16-20/h3-6,8-16H,1,7,17-18H2,2H3,(H,27,28,30). The fraction of sp³-hybridized carbons (Fsp3) is 0.154. The molecule has 0 fully saturated rings. The maximum Gasteiger partial charge on any atom is 0.292 e. The van der Waals surface area contributed by atoms with Gasteiger partial charge >= 0.3 is 0 Å². The summed E-state index contributed by atoms with van der Waals surface area (Å²) in [5, 5.41) is 7.19. The number of rotatable bonds is 9. The van der Waals surface area contributed by atoms with E-state index in [1.165, 1.54) is 5.56 Å². The Morgan fingerprint density at radius 3 is 2.88 bits per heavy atom. The summed E-state index contributed by atoms with van der Waals surface area (Å²) in [5.74, 6) is 1.65. The minimum absolute atomic E-state index is 0.205. The van der Waals surface area contributed by atoms with Crippen LogP contribution in [0, 0.1) is 6.92 Å². The molecule has 0 spiro atoms. The van der Waals surface area contributed by atoms with Gasteiger partial charge in [-0.3, -0.25) is 9.48 Å². The van der Waals surface area contributed by atoms with Gasteiger partial charge in [0, 0.05) is 12.3 Å². The summed E-state index contributed by atoms with van der Waals surface area (Å²) in [7, 11) is 0. The van der Waals surface area contributed by atoms with Crippen molar-refractivity contribution in [1.29, 1.82) is 0 Å². The number of carbonyl (C=O) groups excluding carboxylic acids is 1. The van der Waals surface area contributed by atoms with Gasteiger partial charge in [0.2, 0.25) is 0 Å². The second-order valence-corrected chi connectivity index (χ2v) is 7.50. The fourth-order valence-corrected chi connectivity index (χ4v) is 3.39. The molecule has 0 unspecified atom stereocenters. The normalized spacial score (nSPS) is 10.7. The Kier molecular flexibility index (Phi) is 6.51. The number of para-hydroxylation sites is 1. The van der Waals surface area contributed by atoms with E-state index in [1.807, 2.05) is 42.6 Å². The first-order valence-corrected chi connectivity index (χ1v) is 10.4. The lowest BCUT2D eigenvalue weighted by Crippen LogP contribution is -2.12. The molecule has 0 bridgehead atoms. The molecule has 6 heteroatoms. The van der Waals surface area contributed by atoms with E-state index in [1.54, 1.807) is 22.9 Å². The molecule has 6 nitrogen and oxygen atoms in total. The quantitative estimate of drug-likeness (QED) is 0.364. The minimum Gasteiger partial charge on any atom is -0.485 e. The monoisotopic (exact) mass is 427 g/mol. The van der Waals surface area contributed by atoms with E-state index in [9.17, 15) is 4.79 Å². The number of hydrogen-bond acceptors (Lipinski definition) is 4. The molecular weight excluding hydrogens is 402 g/mol. The molecular formula is C26H25N3O3. The number of ether oxygens (including phenoxy) is 1. The predicted molar refractivity (Wildman–Crippen MR) is 124 cm³/mol. The van der Waals surface area contributed by atoms with Crippen molar-refractivity contribution in [1.82, 2.24) is 9.78 Å². The van der Waals surface area contributed by atoms with Crippen molar-refractivity contribution in [3.63, 3.8) is 0 Å². The molecule has 0 radical (unpaired) electrons. The molecule has 0 aliphatic heterocycles. The van der Waals surface area contributed by atoms with Crippen LogP contribution in [0.4, 0.5) is 5.82 Å². The van der Waals surface area contributed by atoms with Crippen molar-refractivity contribution >= 4 is 11.7 Å². The van der Waals surface area contributed by atoms with E-state index in [4.69, 9.17) is 9.15 Å². The number of nitrogens with one attached hydrogen (secondary N) is 1. The molecule has 0 atom stereocenters. The summed E-state index contributed by atoms with van der Waals surface area (Å²) in [4.78, 5) is 12.5. The smallest absolute Gasteiger partial charge is 0.292 e. The van der Waals surface area contributed by atoms with Crippen LogP contribution in [0.15, 0.2) is 90.0 Å². The van der Waals surface area contributed by atoms with Crippen molar-refractivity contribution in [2.75, 3.05) is 5.32 Å². The third-order valence-corrected chi connectivity index (χ3v) is 4.90. The van der Waals surface area contributed by atoms with Gasteiger partial charge in [0.15, 0.2) is 11.6 Å². The molecule has 1 amide bonds. The summed E-state index contributed by atoms with van der Waals surface area (Å²) in [6.45, 7) is 6.69. The number of benzene rings is 2. The van der Waals surface area contributed by atoms with E-state index in [-0.39, 0.29) is 18.3 Å². The number of anilines is 1. The van der Waals surface area contributed by atoms with Crippen molar-refractivity contribution < 1.29 is 13.9 Å². The van der Waals surface area contributed by atoms with Crippen LogP contribution in [0.2, 0.25) is 0 Å². The molecule has 0 aliphatic carbocycles. The average molecular weight is 428 g/mol. The van der Waals surface area contributed by atoms with Crippen molar-refractivity contribution in [3.05, 3.63) is 114 Å². The molecule has 2 aromatic carbocycles. The summed E-state index contributed by atoms with van der Waals surface area (Å²) < 4.78 is 13.3. The zero-order valence-electron chi connectivity index (χ0n) is 18.0. The van der Waals surface area contributed by atoms with Crippen LogP contribution in [0.5, 0.6) is 5.75 Å². The number of amides is 1. The Balaban J connectivity index is 1.34.